The first-order valence-corrected chi connectivity index (χ1v) is 11.6. The van der Waals surface area contributed by atoms with E-state index in [-0.39, 0.29) is 17.6 Å². The van der Waals surface area contributed by atoms with E-state index in [4.69, 9.17) is 4.98 Å². The molecular weight excluding hydrogens is 398 g/mol. The van der Waals surface area contributed by atoms with Crippen molar-refractivity contribution in [2.45, 2.75) is 65.2 Å². The van der Waals surface area contributed by atoms with E-state index in [1.807, 2.05) is 51.3 Å². The lowest BCUT2D eigenvalue weighted by molar-refractivity contribution is -0.117. The van der Waals surface area contributed by atoms with Crippen LogP contribution in [-0.2, 0) is 9.59 Å². The Morgan fingerprint density at radius 1 is 1.22 bits per heavy atom. The smallest absolute Gasteiger partial charge is 0.228 e. The summed E-state index contributed by atoms with van der Waals surface area (Å²) in [7, 11) is 0. The number of carbonyl (C=O) groups is 2. The van der Waals surface area contributed by atoms with Crippen molar-refractivity contribution in [1.29, 1.82) is 0 Å². The number of hydrogen-bond acceptors (Lipinski definition) is 4. The third-order valence-corrected chi connectivity index (χ3v) is 6.12. The predicted octanol–water partition coefficient (Wildman–Crippen LogP) is 6.13. The number of aromatic nitrogens is 2. The van der Waals surface area contributed by atoms with Crippen LogP contribution in [0.1, 0.15) is 76.6 Å². The number of nitrogens with one attached hydrogen (secondary N) is 1. The van der Waals surface area contributed by atoms with Crippen LogP contribution in [-0.4, -0.2) is 21.7 Å². The summed E-state index contributed by atoms with van der Waals surface area (Å²) in [5.74, 6) is 1.32. The summed E-state index contributed by atoms with van der Waals surface area (Å²) >= 11 is 0. The van der Waals surface area contributed by atoms with Gasteiger partial charge in [-0.3, -0.25) is 14.6 Å². The van der Waals surface area contributed by atoms with Crippen molar-refractivity contribution in [3.8, 4) is 0 Å². The molecule has 1 amide bonds. The molecule has 5 nitrogen and oxygen atoms in total. The largest absolute Gasteiger partial charge is 0.310 e. The van der Waals surface area contributed by atoms with Crippen molar-refractivity contribution in [3.05, 3.63) is 59.6 Å². The van der Waals surface area contributed by atoms with E-state index >= 15 is 0 Å². The van der Waals surface area contributed by atoms with Gasteiger partial charge in [-0.25, -0.2) is 4.98 Å². The van der Waals surface area contributed by atoms with Crippen molar-refractivity contribution in [2.75, 3.05) is 5.32 Å². The van der Waals surface area contributed by atoms with Crippen molar-refractivity contribution in [2.24, 2.45) is 5.92 Å². The van der Waals surface area contributed by atoms with Crippen molar-refractivity contribution in [1.82, 2.24) is 9.97 Å². The molecule has 2 aromatic heterocycles. The van der Waals surface area contributed by atoms with Crippen LogP contribution in [0.15, 0.2) is 48.2 Å². The molecule has 2 aromatic rings. The molecule has 2 heterocycles. The fourth-order valence-corrected chi connectivity index (χ4v) is 4.01. The average molecular weight is 430 g/mol. The Hall–Kier alpha value is -3.08. The number of fused-ring (bicyclic) bond motifs is 1. The molecule has 2 aliphatic rings. The average Bonchev–Trinajstić information content (AvgIpc) is 3.66. The number of Topliss-reactive ketones (excluding diaryl/α,β-unsaturated/α-hetero) is 1. The summed E-state index contributed by atoms with van der Waals surface area (Å²) in [6.07, 6.45) is 11.2. The number of amides is 1. The van der Waals surface area contributed by atoms with Crippen LogP contribution >= 0.6 is 0 Å². The number of pyridine rings is 2. The molecule has 0 aliphatic heterocycles. The fourth-order valence-electron chi connectivity index (χ4n) is 4.01. The van der Waals surface area contributed by atoms with Crippen LogP contribution in [0.2, 0.25) is 0 Å². The zero-order chi connectivity index (χ0) is 22.8. The van der Waals surface area contributed by atoms with E-state index in [9.17, 15) is 9.59 Å². The fraction of sp³-hybridized carbons (Fsp3) is 0.407. The minimum atomic E-state index is 0.0595. The summed E-state index contributed by atoms with van der Waals surface area (Å²) in [5.41, 5.74) is 4.43. The minimum absolute atomic E-state index is 0.0595. The van der Waals surface area contributed by atoms with Gasteiger partial charge in [0.1, 0.15) is 5.82 Å². The predicted molar refractivity (Wildman–Crippen MR) is 129 cm³/mol. The highest BCUT2D eigenvalue weighted by molar-refractivity contribution is 5.99. The van der Waals surface area contributed by atoms with E-state index in [1.165, 1.54) is 0 Å². The monoisotopic (exact) mass is 429 g/mol. The Morgan fingerprint density at radius 3 is 2.59 bits per heavy atom. The molecule has 1 N–H and O–H groups in total. The van der Waals surface area contributed by atoms with Crippen molar-refractivity contribution >= 4 is 33.9 Å². The van der Waals surface area contributed by atoms with E-state index < -0.39 is 0 Å². The maximum absolute atomic E-state index is 12.2. The molecule has 4 rings (SSSR count). The number of nitrogens with zero attached hydrogens (tertiary/aromatic N) is 2. The Balaban J connectivity index is 1.68. The molecule has 0 saturated heterocycles. The van der Waals surface area contributed by atoms with Crippen molar-refractivity contribution < 1.29 is 9.59 Å². The molecule has 2 saturated carbocycles. The molecule has 0 aromatic carbocycles. The van der Waals surface area contributed by atoms with Gasteiger partial charge in [0, 0.05) is 40.8 Å². The molecule has 2 fully saturated rings. The lowest BCUT2D eigenvalue weighted by Crippen LogP contribution is -2.14. The van der Waals surface area contributed by atoms with E-state index in [2.05, 4.69) is 16.9 Å². The van der Waals surface area contributed by atoms with Gasteiger partial charge < -0.3 is 5.32 Å². The van der Waals surface area contributed by atoms with Crippen LogP contribution < -0.4 is 5.32 Å². The molecule has 0 bridgehead atoms. The molecule has 166 valence electrons. The number of hydrogen-bond donors (Lipinski definition) is 1. The van der Waals surface area contributed by atoms with Crippen LogP contribution in [0, 0.1) is 5.92 Å². The number of carbonyl (C=O) groups excluding carboxylic acids is 2. The first-order valence-electron chi connectivity index (χ1n) is 11.6. The van der Waals surface area contributed by atoms with Crippen LogP contribution in [0.5, 0.6) is 0 Å². The molecule has 2 aliphatic carbocycles. The van der Waals surface area contributed by atoms with Gasteiger partial charge in [-0.15, -0.1) is 0 Å². The van der Waals surface area contributed by atoms with Gasteiger partial charge in [0.2, 0.25) is 5.91 Å². The first-order chi connectivity index (χ1) is 15.4. The second-order valence-electron chi connectivity index (χ2n) is 8.95. The van der Waals surface area contributed by atoms with Crippen LogP contribution in [0.3, 0.4) is 0 Å². The van der Waals surface area contributed by atoms with E-state index in [1.54, 1.807) is 0 Å². The van der Waals surface area contributed by atoms with Gasteiger partial charge in [-0.1, -0.05) is 19.6 Å². The molecule has 32 heavy (non-hydrogen) atoms. The zero-order valence-corrected chi connectivity index (χ0v) is 19.2. The molecule has 0 spiro atoms. The minimum Gasteiger partial charge on any atom is -0.310 e. The lowest BCUT2D eigenvalue weighted by atomic mass is 9.97. The SMILES string of the molecule is C=C(/C=C(C)\C(=C/C)c1cc2cnc(NC(=O)C3CC3)cc2c(C2CC2)n1)C(=O)CCC. The summed E-state index contributed by atoms with van der Waals surface area (Å²) < 4.78 is 0. The molecular formula is C27H31N3O2. The summed E-state index contributed by atoms with van der Waals surface area (Å²) in [6, 6.07) is 4.01. The maximum atomic E-state index is 12.2. The Labute approximate surface area is 189 Å². The lowest BCUT2D eigenvalue weighted by Gasteiger charge is -2.14. The normalized spacial score (nSPS) is 16.8. The second kappa shape index (κ2) is 9.19. The van der Waals surface area contributed by atoms with Gasteiger partial charge >= 0.3 is 0 Å². The van der Waals surface area contributed by atoms with Gasteiger partial charge in [0.25, 0.3) is 0 Å². The first kappa shape index (κ1) is 22.1. The quantitative estimate of drug-likeness (QED) is 0.384. The van der Waals surface area contributed by atoms with E-state index in [0.29, 0.717) is 23.7 Å². The zero-order valence-electron chi connectivity index (χ0n) is 19.2. The number of allylic oxidation sites excluding steroid dienone is 5. The van der Waals surface area contributed by atoms with Crippen LogP contribution in [0.25, 0.3) is 16.3 Å². The van der Waals surface area contributed by atoms with Gasteiger partial charge in [0.15, 0.2) is 5.78 Å². The molecule has 0 radical (unpaired) electrons. The standard InChI is InChI=1S/C27H31N3O2/c1-5-7-24(31)17(4)12-16(3)21(6-2)23-13-20-15-28-25(30-27(32)19-10-11-19)14-22(20)26(29-23)18-8-9-18/h6,12-15,18-19H,4-5,7-11H2,1-3H3,(H,28,30,32)/b16-12-,21-6+. The Morgan fingerprint density at radius 2 is 1.97 bits per heavy atom. The third kappa shape index (κ3) is 4.87. The highest BCUT2D eigenvalue weighted by atomic mass is 16.2. The summed E-state index contributed by atoms with van der Waals surface area (Å²) in [4.78, 5) is 33.9. The number of anilines is 1. The Bertz CT molecular complexity index is 1150. The van der Waals surface area contributed by atoms with Gasteiger partial charge in [-0.05, 0) is 75.3 Å². The highest BCUT2D eigenvalue weighted by Crippen LogP contribution is 2.43. The van der Waals surface area contributed by atoms with Crippen LogP contribution in [0.4, 0.5) is 5.82 Å². The van der Waals surface area contributed by atoms with Gasteiger partial charge in [0.05, 0.1) is 11.4 Å². The molecule has 5 heteroatoms. The van der Waals surface area contributed by atoms with Crippen molar-refractivity contribution in [3.63, 3.8) is 0 Å². The molecule has 0 unspecified atom stereocenters. The van der Waals surface area contributed by atoms with Gasteiger partial charge in [-0.2, -0.15) is 0 Å². The summed E-state index contributed by atoms with van der Waals surface area (Å²) in [6.45, 7) is 9.94. The third-order valence-electron chi connectivity index (χ3n) is 6.12. The Kier molecular flexibility index (Phi) is 6.35. The topological polar surface area (TPSA) is 72.0 Å². The van der Waals surface area contributed by atoms with E-state index in [0.717, 1.165) is 65.4 Å². The molecule has 0 atom stereocenters. The second-order valence-corrected chi connectivity index (χ2v) is 8.95. The number of ketones is 1. The number of rotatable bonds is 9. The summed E-state index contributed by atoms with van der Waals surface area (Å²) in [5, 5.41) is 5.01. The highest BCUT2D eigenvalue weighted by Gasteiger charge is 2.31. The maximum Gasteiger partial charge on any atom is 0.228 e.